The molecular formula is C13H16FNO4. The lowest BCUT2D eigenvalue weighted by atomic mass is 10.0. The first kappa shape index (κ1) is 15.1. The van der Waals surface area contributed by atoms with Crippen molar-refractivity contribution >= 4 is 11.9 Å². The van der Waals surface area contributed by atoms with Gasteiger partial charge in [0.05, 0.1) is 12.5 Å². The molecule has 1 atom stereocenters. The number of carbonyl (C=O) groups is 2. The number of carboxylic acids is 1. The van der Waals surface area contributed by atoms with E-state index in [-0.39, 0.29) is 12.0 Å². The highest BCUT2D eigenvalue weighted by atomic mass is 19.1. The molecule has 0 fully saturated rings. The second-order valence-corrected chi connectivity index (χ2v) is 4.75. The largest absolute Gasteiger partial charge is 0.480 e. The number of nitrogens with one attached hydrogen (secondary N) is 1. The highest BCUT2D eigenvalue weighted by Crippen LogP contribution is 2.17. The summed E-state index contributed by atoms with van der Waals surface area (Å²) in [7, 11) is 0. The van der Waals surface area contributed by atoms with Gasteiger partial charge in [-0.1, -0.05) is 12.1 Å². The zero-order valence-electron chi connectivity index (χ0n) is 10.7. The van der Waals surface area contributed by atoms with Crippen molar-refractivity contribution in [3.05, 3.63) is 35.6 Å². The number of carbonyl (C=O) groups excluding carboxylic acids is 1. The van der Waals surface area contributed by atoms with Crippen LogP contribution in [0.4, 0.5) is 4.39 Å². The van der Waals surface area contributed by atoms with Crippen LogP contribution in [-0.4, -0.2) is 27.6 Å². The smallest absolute Gasteiger partial charge is 0.328 e. The number of benzene rings is 1. The van der Waals surface area contributed by atoms with Crippen LogP contribution in [0.5, 0.6) is 0 Å². The summed E-state index contributed by atoms with van der Waals surface area (Å²) < 4.78 is 13.0. The van der Waals surface area contributed by atoms with Crippen LogP contribution in [0.2, 0.25) is 0 Å². The van der Waals surface area contributed by atoms with Crippen LogP contribution in [0.15, 0.2) is 24.3 Å². The van der Waals surface area contributed by atoms with Gasteiger partial charge < -0.3 is 15.5 Å². The van der Waals surface area contributed by atoms with Gasteiger partial charge in [0, 0.05) is 0 Å². The highest BCUT2D eigenvalue weighted by molar-refractivity contribution is 5.86. The minimum Gasteiger partial charge on any atom is -0.480 e. The van der Waals surface area contributed by atoms with Gasteiger partial charge >= 0.3 is 5.97 Å². The molecular weight excluding hydrogens is 253 g/mol. The number of carboxylic acid groups (broad SMARTS) is 1. The van der Waals surface area contributed by atoms with E-state index in [1.807, 2.05) is 0 Å². The number of hydrogen-bond acceptors (Lipinski definition) is 3. The molecule has 0 radical (unpaired) electrons. The van der Waals surface area contributed by atoms with E-state index in [2.05, 4.69) is 5.32 Å². The van der Waals surface area contributed by atoms with Gasteiger partial charge in [-0.3, -0.25) is 4.79 Å². The van der Waals surface area contributed by atoms with Gasteiger partial charge in [-0.25, -0.2) is 9.18 Å². The Bertz CT molecular complexity index is 487. The highest BCUT2D eigenvalue weighted by Gasteiger charge is 2.29. The van der Waals surface area contributed by atoms with Crippen molar-refractivity contribution in [1.29, 1.82) is 0 Å². The number of aliphatic hydroxyl groups excluding tert-OH is 1. The number of amides is 1. The van der Waals surface area contributed by atoms with Crippen molar-refractivity contribution in [3.8, 4) is 0 Å². The summed E-state index contributed by atoms with van der Waals surface area (Å²) >= 11 is 0. The molecule has 0 heterocycles. The molecule has 1 aromatic carbocycles. The first-order valence-electron chi connectivity index (χ1n) is 5.70. The van der Waals surface area contributed by atoms with E-state index in [0.29, 0.717) is 0 Å². The van der Waals surface area contributed by atoms with Gasteiger partial charge in [0.25, 0.3) is 0 Å². The standard InChI is InChI=1S/C13H16FNO4/c1-13(2,12(18)19)15-11(17)7-10(16)8-4-3-5-9(14)6-8/h3-6,10,16H,7H2,1-2H3,(H,15,17)(H,18,19). The fourth-order valence-corrected chi connectivity index (χ4v) is 1.46. The van der Waals surface area contributed by atoms with E-state index in [1.165, 1.54) is 32.0 Å². The molecule has 1 amide bonds. The second kappa shape index (κ2) is 5.79. The molecule has 0 saturated carbocycles. The molecule has 104 valence electrons. The van der Waals surface area contributed by atoms with E-state index in [4.69, 9.17) is 5.11 Å². The van der Waals surface area contributed by atoms with Gasteiger partial charge in [-0.15, -0.1) is 0 Å². The van der Waals surface area contributed by atoms with Crippen molar-refractivity contribution in [1.82, 2.24) is 5.32 Å². The third-order valence-corrected chi connectivity index (χ3v) is 2.60. The molecule has 0 saturated heterocycles. The van der Waals surface area contributed by atoms with E-state index >= 15 is 0 Å². The summed E-state index contributed by atoms with van der Waals surface area (Å²) in [5.41, 5.74) is -1.15. The monoisotopic (exact) mass is 269 g/mol. The Kier molecular flexibility index (Phi) is 4.61. The van der Waals surface area contributed by atoms with E-state index in [0.717, 1.165) is 6.07 Å². The Morgan fingerprint density at radius 2 is 2.05 bits per heavy atom. The Balaban J connectivity index is 2.65. The fraction of sp³-hybridized carbons (Fsp3) is 0.385. The maximum atomic E-state index is 13.0. The van der Waals surface area contributed by atoms with Crippen molar-refractivity contribution in [3.63, 3.8) is 0 Å². The third-order valence-electron chi connectivity index (χ3n) is 2.60. The van der Waals surface area contributed by atoms with Gasteiger partial charge in [0.1, 0.15) is 11.4 Å². The summed E-state index contributed by atoms with van der Waals surface area (Å²) in [6.45, 7) is 2.67. The summed E-state index contributed by atoms with van der Waals surface area (Å²) in [5.74, 6) is -2.31. The van der Waals surface area contributed by atoms with E-state index < -0.39 is 29.3 Å². The minimum absolute atomic E-state index is 0.267. The number of hydrogen-bond donors (Lipinski definition) is 3. The summed E-state index contributed by atoms with van der Waals surface area (Å²) in [6.07, 6.45) is -1.51. The van der Waals surface area contributed by atoms with Crippen LogP contribution in [-0.2, 0) is 9.59 Å². The third kappa shape index (κ3) is 4.33. The molecule has 0 aliphatic carbocycles. The maximum absolute atomic E-state index is 13.0. The number of rotatable bonds is 5. The molecule has 0 aliphatic rings. The first-order valence-corrected chi connectivity index (χ1v) is 5.70. The number of aliphatic carboxylic acids is 1. The molecule has 6 heteroatoms. The van der Waals surface area contributed by atoms with Crippen LogP contribution in [0.25, 0.3) is 0 Å². The molecule has 0 spiro atoms. The predicted octanol–water partition coefficient (Wildman–Crippen LogP) is 1.23. The maximum Gasteiger partial charge on any atom is 0.328 e. The molecule has 19 heavy (non-hydrogen) atoms. The Hall–Kier alpha value is -1.95. The lowest BCUT2D eigenvalue weighted by molar-refractivity contribution is -0.146. The Labute approximate surface area is 110 Å². The average molecular weight is 269 g/mol. The van der Waals surface area contributed by atoms with Crippen molar-refractivity contribution in [2.24, 2.45) is 0 Å². The lowest BCUT2D eigenvalue weighted by Crippen LogP contribution is -2.49. The van der Waals surface area contributed by atoms with Gasteiger partial charge in [0.2, 0.25) is 5.91 Å². The average Bonchev–Trinajstić information content (AvgIpc) is 2.27. The van der Waals surface area contributed by atoms with Crippen LogP contribution >= 0.6 is 0 Å². The van der Waals surface area contributed by atoms with Crippen molar-refractivity contribution in [2.45, 2.75) is 31.9 Å². The number of halogens is 1. The zero-order valence-corrected chi connectivity index (χ0v) is 10.7. The van der Waals surface area contributed by atoms with Crippen LogP contribution in [0.3, 0.4) is 0 Å². The minimum atomic E-state index is -1.42. The molecule has 0 bridgehead atoms. The molecule has 1 unspecified atom stereocenters. The molecule has 0 aliphatic heterocycles. The zero-order chi connectivity index (χ0) is 14.6. The molecule has 1 rings (SSSR count). The molecule has 0 aromatic heterocycles. The SMILES string of the molecule is CC(C)(NC(=O)CC(O)c1cccc(F)c1)C(=O)O. The van der Waals surface area contributed by atoms with Crippen molar-refractivity contribution < 1.29 is 24.2 Å². The number of aliphatic hydroxyl groups is 1. The summed E-state index contributed by atoms with van der Waals surface area (Å²) in [4.78, 5) is 22.4. The van der Waals surface area contributed by atoms with Gasteiger partial charge in [-0.05, 0) is 31.5 Å². The molecule has 1 aromatic rings. The lowest BCUT2D eigenvalue weighted by Gasteiger charge is -2.22. The predicted molar refractivity (Wildman–Crippen MR) is 65.8 cm³/mol. The summed E-state index contributed by atoms with van der Waals surface area (Å²) in [6, 6.07) is 5.26. The van der Waals surface area contributed by atoms with Crippen LogP contribution in [0.1, 0.15) is 31.9 Å². The van der Waals surface area contributed by atoms with Gasteiger partial charge in [0.15, 0.2) is 0 Å². The van der Waals surface area contributed by atoms with Crippen LogP contribution < -0.4 is 5.32 Å². The quantitative estimate of drug-likeness (QED) is 0.750. The van der Waals surface area contributed by atoms with Crippen molar-refractivity contribution in [2.75, 3.05) is 0 Å². The van der Waals surface area contributed by atoms with Gasteiger partial charge in [-0.2, -0.15) is 0 Å². The second-order valence-electron chi connectivity index (χ2n) is 4.75. The molecule has 5 nitrogen and oxygen atoms in total. The fourth-order valence-electron chi connectivity index (χ4n) is 1.46. The molecule has 3 N–H and O–H groups in total. The van der Waals surface area contributed by atoms with E-state index in [9.17, 15) is 19.1 Å². The Morgan fingerprint density at radius 3 is 2.58 bits per heavy atom. The normalized spacial score (nSPS) is 12.8. The topological polar surface area (TPSA) is 86.6 Å². The Morgan fingerprint density at radius 1 is 1.42 bits per heavy atom. The van der Waals surface area contributed by atoms with E-state index in [1.54, 1.807) is 0 Å². The first-order chi connectivity index (χ1) is 8.72. The van der Waals surface area contributed by atoms with Crippen LogP contribution in [0, 0.1) is 5.82 Å². The summed E-state index contributed by atoms with van der Waals surface area (Å²) in [5, 5.41) is 20.9.